The highest BCUT2D eigenvalue weighted by Crippen LogP contribution is 2.37. The van der Waals surface area contributed by atoms with Crippen molar-refractivity contribution in [2.45, 2.75) is 50.3 Å². The molecule has 0 amide bonds. The summed E-state index contributed by atoms with van der Waals surface area (Å²) in [4.78, 5) is 0. The second-order valence-electron chi connectivity index (χ2n) is 6.05. The standard InChI is InChI=1S/C16H23NO3S/c1-12-16-11-14(20-2)8-7-13(16)9-10-17(12)21(18,19)15-5-3-4-6-15/h7-8,11-12,15H,3-6,9-10H2,1-2H3. The highest BCUT2D eigenvalue weighted by Gasteiger charge is 2.39. The highest BCUT2D eigenvalue weighted by atomic mass is 32.2. The monoisotopic (exact) mass is 309 g/mol. The summed E-state index contributed by atoms with van der Waals surface area (Å²) in [6, 6.07) is 5.89. The minimum atomic E-state index is -3.18. The van der Waals surface area contributed by atoms with Gasteiger partial charge >= 0.3 is 0 Å². The first-order valence-electron chi connectivity index (χ1n) is 7.71. The minimum Gasteiger partial charge on any atom is -0.497 e. The molecule has 2 aliphatic rings. The molecule has 0 radical (unpaired) electrons. The van der Waals surface area contributed by atoms with Crippen molar-refractivity contribution in [3.05, 3.63) is 29.3 Å². The third kappa shape index (κ3) is 2.57. The summed E-state index contributed by atoms with van der Waals surface area (Å²) in [7, 11) is -1.54. The second-order valence-corrected chi connectivity index (χ2v) is 8.22. The van der Waals surface area contributed by atoms with Crippen molar-refractivity contribution in [3.8, 4) is 5.75 Å². The molecule has 1 aliphatic carbocycles. The molecule has 1 aromatic rings. The Labute approximate surface area is 127 Å². The number of methoxy groups -OCH3 is 1. The van der Waals surface area contributed by atoms with Gasteiger partial charge in [0.1, 0.15) is 5.75 Å². The quantitative estimate of drug-likeness (QED) is 0.862. The fourth-order valence-electron chi connectivity index (χ4n) is 3.62. The van der Waals surface area contributed by atoms with Gasteiger partial charge in [0.15, 0.2) is 0 Å². The number of ether oxygens (including phenoxy) is 1. The van der Waals surface area contributed by atoms with E-state index >= 15 is 0 Å². The number of hydrogen-bond donors (Lipinski definition) is 0. The van der Waals surface area contributed by atoms with E-state index in [-0.39, 0.29) is 11.3 Å². The second kappa shape index (κ2) is 5.61. The van der Waals surface area contributed by atoms with Crippen LogP contribution in [0.1, 0.15) is 49.8 Å². The Hall–Kier alpha value is -1.07. The normalized spacial score (nSPS) is 24.0. The van der Waals surface area contributed by atoms with Crippen molar-refractivity contribution < 1.29 is 13.2 Å². The molecule has 1 atom stereocenters. The van der Waals surface area contributed by atoms with E-state index in [2.05, 4.69) is 6.07 Å². The molecule has 21 heavy (non-hydrogen) atoms. The molecule has 0 aromatic heterocycles. The van der Waals surface area contributed by atoms with Crippen molar-refractivity contribution >= 4 is 10.0 Å². The maximum atomic E-state index is 12.9. The summed E-state index contributed by atoms with van der Waals surface area (Å²) in [6.07, 6.45) is 4.50. The Balaban J connectivity index is 1.92. The molecule has 0 bridgehead atoms. The number of benzene rings is 1. The molecule has 1 aromatic carbocycles. The Morgan fingerprint density at radius 3 is 2.62 bits per heavy atom. The van der Waals surface area contributed by atoms with Gasteiger partial charge in [-0.2, -0.15) is 4.31 Å². The van der Waals surface area contributed by atoms with Gasteiger partial charge in [-0.15, -0.1) is 0 Å². The van der Waals surface area contributed by atoms with Gasteiger partial charge in [0, 0.05) is 12.6 Å². The summed E-state index contributed by atoms with van der Waals surface area (Å²) >= 11 is 0. The Bertz CT molecular complexity index is 620. The van der Waals surface area contributed by atoms with E-state index in [0.717, 1.165) is 43.4 Å². The zero-order chi connectivity index (χ0) is 15.0. The smallest absolute Gasteiger partial charge is 0.217 e. The summed E-state index contributed by atoms with van der Waals surface area (Å²) < 4.78 is 32.7. The van der Waals surface area contributed by atoms with E-state index < -0.39 is 10.0 Å². The van der Waals surface area contributed by atoms with Crippen LogP contribution in [0.5, 0.6) is 5.75 Å². The molecule has 3 rings (SSSR count). The van der Waals surface area contributed by atoms with Crippen molar-refractivity contribution in [2.24, 2.45) is 0 Å². The molecular formula is C16H23NO3S. The fraction of sp³-hybridized carbons (Fsp3) is 0.625. The number of rotatable bonds is 3. The Morgan fingerprint density at radius 1 is 1.24 bits per heavy atom. The maximum Gasteiger partial charge on any atom is 0.217 e. The predicted molar refractivity (Wildman–Crippen MR) is 83.0 cm³/mol. The lowest BCUT2D eigenvalue weighted by atomic mass is 9.95. The van der Waals surface area contributed by atoms with E-state index in [9.17, 15) is 8.42 Å². The maximum absolute atomic E-state index is 12.9. The molecule has 116 valence electrons. The number of hydrogen-bond acceptors (Lipinski definition) is 3. The van der Waals surface area contributed by atoms with Crippen LogP contribution in [-0.2, 0) is 16.4 Å². The van der Waals surface area contributed by atoms with Crippen molar-refractivity contribution in [1.29, 1.82) is 0 Å². The Kier molecular flexibility index (Phi) is 3.97. The highest BCUT2D eigenvalue weighted by molar-refractivity contribution is 7.89. The third-order valence-electron chi connectivity index (χ3n) is 4.89. The number of fused-ring (bicyclic) bond motifs is 1. The van der Waals surface area contributed by atoms with Gasteiger partial charge in [-0.1, -0.05) is 18.9 Å². The molecule has 1 unspecified atom stereocenters. The molecule has 1 saturated carbocycles. The van der Waals surface area contributed by atoms with Gasteiger partial charge in [0.25, 0.3) is 0 Å². The van der Waals surface area contributed by atoms with E-state index in [4.69, 9.17) is 4.74 Å². The molecule has 1 fully saturated rings. The molecule has 0 N–H and O–H groups in total. The molecule has 1 aliphatic heterocycles. The SMILES string of the molecule is COc1ccc2c(c1)C(C)N(S(=O)(=O)C1CCCC1)CC2. The average molecular weight is 309 g/mol. The molecular weight excluding hydrogens is 286 g/mol. The van der Waals surface area contributed by atoms with Gasteiger partial charge in [0.2, 0.25) is 10.0 Å². The van der Waals surface area contributed by atoms with E-state index in [1.165, 1.54) is 5.56 Å². The molecule has 0 spiro atoms. The van der Waals surface area contributed by atoms with Crippen molar-refractivity contribution in [2.75, 3.05) is 13.7 Å². The van der Waals surface area contributed by atoms with Crippen LogP contribution in [0.15, 0.2) is 18.2 Å². The van der Waals surface area contributed by atoms with Crippen molar-refractivity contribution in [3.63, 3.8) is 0 Å². The topological polar surface area (TPSA) is 46.6 Å². The van der Waals surface area contributed by atoms with Crippen LogP contribution in [0.25, 0.3) is 0 Å². The summed E-state index contributed by atoms with van der Waals surface area (Å²) in [5.74, 6) is 0.792. The first-order chi connectivity index (χ1) is 10.0. The van der Waals surface area contributed by atoms with Crippen LogP contribution in [-0.4, -0.2) is 31.6 Å². The lowest BCUT2D eigenvalue weighted by Crippen LogP contribution is -2.43. The van der Waals surface area contributed by atoms with Gasteiger partial charge < -0.3 is 4.74 Å². The van der Waals surface area contributed by atoms with Crippen LogP contribution in [0, 0.1) is 0 Å². The summed E-state index contributed by atoms with van der Waals surface area (Å²) in [6.45, 7) is 2.59. The number of nitrogens with zero attached hydrogens (tertiary/aromatic N) is 1. The van der Waals surface area contributed by atoms with Crippen LogP contribution in [0.3, 0.4) is 0 Å². The van der Waals surface area contributed by atoms with Gasteiger partial charge in [-0.3, -0.25) is 0 Å². The van der Waals surface area contributed by atoms with Crippen LogP contribution < -0.4 is 4.74 Å². The molecule has 0 saturated heterocycles. The predicted octanol–water partition coefficient (Wildman–Crippen LogP) is 2.89. The van der Waals surface area contributed by atoms with E-state index in [0.29, 0.717) is 6.54 Å². The number of sulfonamides is 1. The largest absolute Gasteiger partial charge is 0.497 e. The minimum absolute atomic E-state index is 0.102. The van der Waals surface area contributed by atoms with Crippen LogP contribution in [0.4, 0.5) is 0 Å². The summed E-state index contributed by atoms with van der Waals surface area (Å²) in [5, 5.41) is -0.174. The zero-order valence-electron chi connectivity index (χ0n) is 12.7. The fourth-order valence-corrected chi connectivity index (χ4v) is 5.83. The van der Waals surface area contributed by atoms with E-state index in [1.807, 2.05) is 19.1 Å². The Morgan fingerprint density at radius 2 is 1.95 bits per heavy atom. The van der Waals surface area contributed by atoms with Gasteiger partial charge in [-0.05, 0) is 49.4 Å². The van der Waals surface area contributed by atoms with Crippen LogP contribution in [0.2, 0.25) is 0 Å². The first kappa shape index (κ1) is 14.9. The average Bonchev–Trinajstić information content (AvgIpc) is 3.02. The van der Waals surface area contributed by atoms with E-state index in [1.54, 1.807) is 11.4 Å². The molecule has 1 heterocycles. The summed E-state index contributed by atoms with van der Waals surface area (Å²) in [5.41, 5.74) is 2.32. The lowest BCUT2D eigenvalue weighted by molar-refractivity contribution is 0.320. The zero-order valence-corrected chi connectivity index (χ0v) is 13.5. The lowest BCUT2D eigenvalue weighted by Gasteiger charge is -2.36. The molecule has 5 heteroatoms. The molecule has 4 nitrogen and oxygen atoms in total. The third-order valence-corrected chi connectivity index (χ3v) is 7.35. The van der Waals surface area contributed by atoms with Crippen LogP contribution >= 0.6 is 0 Å². The van der Waals surface area contributed by atoms with Crippen molar-refractivity contribution in [1.82, 2.24) is 4.31 Å². The first-order valence-corrected chi connectivity index (χ1v) is 9.22. The van der Waals surface area contributed by atoms with Gasteiger partial charge in [0.05, 0.1) is 12.4 Å². The van der Waals surface area contributed by atoms with Gasteiger partial charge in [-0.25, -0.2) is 8.42 Å².